The van der Waals surface area contributed by atoms with Crippen LogP contribution in [0.15, 0.2) is 24.3 Å². The van der Waals surface area contributed by atoms with Crippen LogP contribution in [0.5, 0.6) is 5.75 Å². The zero-order chi connectivity index (χ0) is 12.7. The highest BCUT2D eigenvalue weighted by Gasteiger charge is 2.12. The lowest BCUT2D eigenvalue weighted by Crippen LogP contribution is -2.29. The molecule has 2 N–H and O–H groups in total. The third-order valence-electron chi connectivity index (χ3n) is 2.94. The van der Waals surface area contributed by atoms with E-state index in [0.29, 0.717) is 6.04 Å². The van der Waals surface area contributed by atoms with Crippen molar-refractivity contribution in [1.29, 1.82) is 0 Å². The number of aliphatic hydroxyl groups is 1. The smallest absolute Gasteiger partial charge is 0.123 e. The van der Waals surface area contributed by atoms with Crippen molar-refractivity contribution in [3.63, 3.8) is 0 Å². The standard InChI is InChI=1S/C14H23NO2/c1-11(7-6-10-16)15-12(2)13-8-4-5-9-14(13)17-3/h4-5,8-9,11-12,15-16H,6-7,10H2,1-3H3. The molecule has 0 fully saturated rings. The molecule has 0 aliphatic rings. The van der Waals surface area contributed by atoms with Gasteiger partial charge in [0.2, 0.25) is 0 Å². The summed E-state index contributed by atoms with van der Waals surface area (Å²) in [5, 5.41) is 12.3. The molecule has 0 radical (unpaired) electrons. The van der Waals surface area contributed by atoms with Gasteiger partial charge >= 0.3 is 0 Å². The lowest BCUT2D eigenvalue weighted by atomic mass is 10.1. The number of benzene rings is 1. The molecule has 2 atom stereocenters. The highest BCUT2D eigenvalue weighted by molar-refractivity contribution is 5.35. The van der Waals surface area contributed by atoms with Crippen molar-refractivity contribution in [3.05, 3.63) is 29.8 Å². The first-order chi connectivity index (χ1) is 8.19. The second-order valence-corrected chi connectivity index (χ2v) is 4.40. The number of nitrogens with one attached hydrogen (secondary N) is 1. The highest BCUT2D eigenvalue weighted by Crippen LogP contribution is 2.24. The number of hydrogen-bond donors (Lipinski definition) is 2. The molecule has 0 saturated carbocycles. The average molecular weight is 237 g/mol. The van der Waals surface area contributed by atoms with Crippen LogP contribution in [0.2, 0.25) is 0 Å². The first kappa shape index (κ1) is 14.0. The number of aliphatic hydroxyl groups excluding tert-OH is 1. The normalized spacial score (nSPS) is 14.4. The molecule has 0 bridgehead atoms. The summed E-state index contributed by atoms with van der Waals surface area (Å²) in [5.74, 6) is 0.918. The van der Waals surface area contributed by atoms with Crippen molar-refractivity contribution in [2.45, 2.75) is 38.8 Å². The van der Waals surface area contributed by atoms with Gasteiger partial charge < -0.3 is 15.2 Å². The van der Waals surface area contributed by atoms with Crippen molar-refractivity contribution < 1.29 is 9.84 Å². The summed E-state index contributed by atoms with van der Waals surface area (Å²) in [6.07, 6.45) is 1.82. The first-order valence-corrected chi connectivity index (χ1v) is 6.18. The lowest BCUT2D eigenvalue weighted by molar-refractivity contribution is 0.274. The molecule has 0 saturated heterocycles. The maximum Gasteiger partial charge on any atom is 0.123 e. The number of hydrogen-bond acceptors (Lipinski definition) is 3. The van der Waals surface area contributed by atoms with Gasteiger partial charge in [0.1, 0.15) is 5.75 Å². The Labute approximate surface area is 104 Å². The van der Waals surface area contributed by atoms with Crippen LogP contribution in [-0.4, -0.2) is 24.9 Å². The highest BCUT2D eigenvalue weighted by atomic mass is 16.5. The van der Waals surface area contributed by atoms with Crippen molar-refractivity contribution in [1.82, 2.24) is 5.32 Å². The molecular weight excluding hydrogens is 214 g/mol. The maximum absolute atomic E-state index is 8.80. The fourth-order valence-electron chi connectivity index (χ4n) is 2.02. The predicted molar refractivity (Wildman–Crippen MR) is 70.3 cm³/mol. The molecule has 1 rings (SSSR count). The third kappa shape index (κ3) is 4.36. The van der Waals surface area contributed by atoms with Gasteiger partial charge in [-0.05, 0) is 32.8 Å². The Kier molecular flexibility index (Phi) is 6.01. The van der Waals surface area contributed by atoms with Crippen molar-refractivity contribution in [2.24, 2.45) is 0 Å². The van der Waals surface area contributed by atoms with Crippen LogP contribution in [0.4, 0.5) is 0 Å². The van der Waals surface area contributed by atoms with Crippen LogP contribution in [0.3, 0.4) is 0 Å². The molecule has 3 heteroatoms. The fraction of sp³-hybridized carbons (Fsp3) is 0.571. The van der Waals surface area contributed by atoms with Gasteiger partial charge in [0.05, 0.1) is 7.11 Å². The van der Waals surface area contributed by atoms with E-state index in [2.05, 4.69) is 25.2 Å². The van der Waals surface area contributed by atoms with Crippen LogP contribution < -0.4 is 10.1 Å². The minimum Gasteiger partial charge on any atom is -0.496 e. The summed E-state index contributed by atoms with van der Waals surface area (Å²) in [7, 11) is 1.70. The SMILES string of the molecule is COc1ccccc1C(C)NC(C)CCCO. The number of methoxy groups -OCH3 is 1. The minimum atomic E-state index is 0.250. The molecule has 0 amide bonds. The van der Waals surface area contributed by atoms with Crippen LogP contribution in [-0.2, 0) is 0 Å². The molecule has 96 valence electrons. The van der Waals surface area contributed by atoms with E-state index in [1.807, 2.05) is 18.2 Å². The van der Waals surface area contributed by atoms with E-state index in [0.717, 1.165) is 18.6 Å². The number of para-hydroxylation sites is 1. The summed E-state index contributed by atoms with van der Waals surface area (Å²) in [4.78, 5) is 0. The maximum atomic E-state index is 8.80. The Morgan fingerprint density at radius 3 is 2.65 bits per heavy atom. The van der Waals surface area contributed by atoms with E-state index >= 15 is 0 Å². The molecule has 2 unspecified atom stereocenters. The van der Waals surface area contributed by atoms with E-state index in [-0.39, 0.29) is 12.6 Å². The second-order valence-electron chi connectivity index (χ2n) is 4.40. The van der Waals surface area contributed by atoms with Gasteiger partial charge in [0.25, 0.3) is 0 Å². The first-order valence-electron chi connectivity index (χ1n) is 6.18. The molecule has 0 aliphatic carbocycles. The van der Waals surface area contributed by atoms with Crippen molar-refractivity contribution >= 4 is 0 Å². The summed E-state index contributed by atoms with van der Waals surface area (Å²) in [6, 6.07) is 8.70. The molecule has 1 aromatic rings. The molecule has 0 aromatic heterocycles. The van der Waals surface area contributed by atoms with Gasteiger partial charge in [0.15, 0.2) is 0 Å². The van der Waals surface area contributed by atoms with E-state index in [1.54, 1.807) is 7.11 Å². The Morgan fingerprint density at radius 2 is 2.00 bits per heavy atom. The summed E-state index contributed by atoms with van der Waals surface area (Å²) in [5.41, 5.74) is 1.17. The van der Waals surface area contributed by atoms with E-state index in [4.69, 9.17) is 9.84 Å². The van der Waals surface area contributed by atoms with Crippen LogP contribution in [0, 0.1) is 0 Å². The molecule has 17 heavy (non-hydrogen) atoms. The number of ether oxygens (including phenoxy) is 1. The minimum absolute atomic E-state index is 0.250. The fourth-order valence-corrected chi connectivity index (χ4v) is 2.02. The molecule has 3 nitrogen and oxygen atoms in total. The molecule has 0 heterocycles. The van der Waals surface area contributed by atoms with Crippen LogP contribution in [0.1, 0.15) is 38.3 Å². The Bertz CT molecular complexity index is 328. The summed E-state index contributed by atoms with van der Waals surface area (Å²) < 4.78 is 5.35. The Morgan fingerprint density at radius 1 is 1.29 bits per heavy atom. The topological polar surface area (TPSA) is 41.5 Å². The van der Waals surface area contributed by atoms with Gasteiger partial charge in [-0.3, -0.25) is 0 Å². The van der Waals surface area contributed by atoms with Gasteiger partial charge in [-0.25, -0.2) is 0 Å². The average Bonchev–Trinajstić information content (AvgIpc) is 2.36. The Hall–Kier alpha value is -1.06. The molecular formula is C14H23NO2. The monoisotopic (exact) mass is 237 g/mol. The molecule has 0 spiro atoms. The molecule has 1 aromatic carbocycles. The van der Waals surface area contributed by atoms with Gasteiger partial charge in [-0.1, -0.05) is 18.2 Å². The van der Waals surface area contributed by atoms with Gasteiger partial charge in [-0.2, -0.15) is 0 Å². The molecule has 0 aliphatic heterocycles. The second kappa shape index (κ2) is 7.30. The van der Waals surface area contributed by atoms with E-state index < -0.39 is 0 Å². The quantitative estimate of drug-likeness (QED) is 0.765. The van der Waals surface area contributed by atoms with Crippen LogP contribution in [0.25, 0.3) is 0 Å². The van der Waals surface area contributed by atoms with Crippen molar-refractivity contribution in [2.75, 3.05) is 13.7 Å². The van der Waals surface area contributed by atoms with Gasteiger partial charge in [0, 0.05) is 24.3 Å². The zero-order valence-corrected chi connectivity index (χ0v) is 10.9. The zero-order valence-electron chi connectivity index (χ0n) is 10.9. The van der Waals surface area contributed by atoms with E-state index in [1.165, 1.54) is 5.56 Å². The summed E-state index contributed by atoms with van der Waals surface area (Å²) >= 11 is 0. The Balaban J connectivity index is 2.59. The largest absolute Gasteiger partial charge is 0.496 e. The number of rotatable bonds is 7. The van der Waals surface area contributed by atoms with Crippen molar-refractivity contribution in [3.8, 4) is 5.75 Å². The van der Waals surface area contributed by atoms with Gasteiger partial charge in [-0.15, -0.1) is 0 Å². The van der Waals surface area contributed by atoms with Crippen LogP contribution >= 0.6 is 0 Å². The lowest BCUT2D eigenvalue weighted by Gasteiger charge is -2.21. The summed E-state index contributed by atoms with van der Waals surface area (Å²) in [6.45, 7) is 4.53. The third-order valence-corrected chi connectivity index (χ3v) is 2.94. The predicted octanol–water partition coefficient (Wildman–Crippen LogP) is 2.51. The van der Waals surface area contributed by atoms with E-state index in [9.17, 15) is 0 Å².